The number of phenols is 2. The fourth-order valence-electron chi connectivity index (χ4n) is 2.69. The Morgan fingerprint density at radius 2 is 1.45 bits per heavy atom. The maximum Gasteiger partial charge on any atom is 0.161 e. The lowest BCUT2D eigenvalue weighted by atomic mass is 10.1. The second-order valence-electron chi connectivity index (χ2n) is 6.52. The summed E-state index contributed by atoms with van der Waals surface area (Å²) in [6, 6.07) is 9.89. The van der Waals surface area contributed by atoms with Gasteiger partial charge in [-0.05, 0) is 47.5 Å². The Morgan fingerprint density at radius 3 is 1.97 bits per heavy atom. The van der Waals surface area contributed by atoms with E-state index in [-0.39, 0.29) is 18.1 Å². The highest BCUT2D eigenvalue weighted by Crippen LogP contribution is 2.26. The molecular weight excluding hydrogens is 460 g/mol. The van der Waals surface area contributed by atoms with Gasteiger partial charge in [0.1, 0.15) is 5.75 Å². The second-order valence-corrected chi connectivity index (χ2v) is 6.99. The van der Waals surface area contributed by atoms with Gasteiger partial charge < -0.3 is 20.1 Å². The minimum Gasteiger partial charge on any atom is -0.508 e. The normalized spacial score (nSPS) is 12.2. The molecule has 0 aliphatic heterocycles. The molecule has 0 aromatic heterocycles. The number of thiocarbonyl (C=S) groups is 2. The van der Waals surface area contributed by atoms with E-state index < -0.39 is 0 Å². The number of nitrogens with one attached hydrogen (secondary N) is 2. The third kappa shape index (κ3) is 8.45. The SMILES string of the molecule is COc1cc(/C=C/C(CC(/C=C/c2ccc(O)c(CO)c2)=NNC=S)=NNC=S)ccc1O. The largest absolute Gasteiger partial charge is 0.508 e. The standard InChI is InChI=1S/C23H24N4O4S2/c1-31-23-11-17(5-9-22(23)30)3-7-20(27-25-15-33)12-19(26-24-14-32)6-2-16-4-8-21(29)18(10-16)13-28/h2-11,14-15,28-30H,12-13H2,1H3,(H,24,32)(H,25,33)/b6-2+,7-3+,26-19?,27-20?. The molecule has 33 heavy (non-hydrogen) atoms. The van der Waals surface area contributed by atoms with E-state index in [0.29, 0.717) is 29.2 Å². The van der Waals surface area contributed by atoms with Gasteiger partial charge in [-0.2, -0.15) is 10.2 Å². The fourth-order valence-corrected chi connectivity index (χ4v) is 2.80. The summed E-state index contributed by atoms with van der Waals surface area (Å²) in [6.07, 6.45) is 7.47. The number of allylic oxidation sites excluding steroid dienone is 2. The van der Waals surface area contributed by atoms with Crippen LogP contribution >= 0.6 is 24.4 Å². The van der Waals surface area contributed by atoms with E-state index in [9.17, 15) is 15.3 Å². The number of aromatic hydroxyl groups is 2. The summed E-state index contributed by atoms with van der Waals surface area (Å²) in [5.74, 6) is 0.442. The number of nitrogens with zero attached hydrogens (tertiary/aromatic N) is 2. The van der Waals surface area contributed by atoms with Crippen LogP contribution in [0.5, 0.6) is 17.2 Å². The summed E-state index contributed by atoms with van der Waals surface area (Å²) >= 11 is 9.60. The molecule has 2 rings (SSSR count). The van der Waals surface area contributed by atoms with Crippen molar-refractivity contribution >= 4 is 59.0 Å². The maximum atomic E-state index is 9.76. The van der Waals surface area contributed by atoms with Crippen molar-refractivity contribution in [1.29, 1.82) is 0 Å². The molecular formula is C23H24N4O4S2. The molecule has 8 nitrogen and oxygen atoms in total. The maximum absolute atomic E-state index is 9.76. The number of hydrogen-bond acceptors (Lipinski definition) is 8. The molecule has 0 atom stereocenters. The minimum atomic E-state index is -0.270. The zero-order valence-corrected chi connectivity index (χ0v) is 19.4. The molecule has 172 valence electrons. The molecule has 0 aliphatic carbocycles. The summed E-state index contributed by atoms with van der Waals surface area (Å²) in [5, 5.41) is 37.3. The number of hydrogen-bond donors (Lipinski definition) is 5. The summed E-state index contributed by atoms with van der Waals surface area (Å²) in [5.41, 5.74) is 11.1. The van der Waals surface area contributed by atoms with Crippen LogP contribution in [0.3, 0.4) is 0 Å². The molecule has 0 spiro atoms. The summed E-state index contributed by atoms with van der Waals surface area (Å²) in [6.45, 7) is -0.270. The van der Waals surface area contributed by atoms with Crippen LogP contribution in [0.2, 0.25) is 0 Å². The quantitative estimate of drug-likeness (QED) is 0.176. The van der Waals surface area contributed by atoms with Crippen LogP contribution in [-0.4, -0.2) is 44.8 Å². The number of rotatable bonds is 12. The van der Waals surface area contributed by atoms with Crippen molar-refractivity contribution in [3.05, 3.63) is 65.2 Å². The topological polar surface area (TPSA) is 119 Å². The highest BCUT2D eigenvalue weighted by Gasteiger charge is 2.05. The average Bonchev–Trinajstić information content (AvgIpc) is 2.83. The lowest BCUT2D eigenvalue weighted by Crippen LogP contribution is -2.12. The average molecular weight is 485 g/mol. The van der Waals surface area contributed by atoms with Crippen LogP contribution in [0.15, 0.2) is 58.8 Å². The fraction of sp³-hybridized carbons (Fsp3) is 0.130. The zero-order chi connectivity index (χ0) is 24.1. The third-order valence-corrected chi connectivity index (χ3v) is 4.51. The molecule has 0 unspecified atom stereocenters. The molecule has 2 aromatic rings. The smallest absolute Gasteiger partial charge is 0.161 e. The Morgan fingerprint density at radius 1 is 0.909 bits per heavy atom. The van der Waals surface area contributed by atoms with Crippen LogP contribution in [0.4, 0.5) is 0 Å². The van der Waals surface area contributed by atoms with Crippen molar-refractivity contribution in [3.63, 3.8) is 0 Å². The molecule has 2 aromatic carbocycles. The Bertz CT molecular complexity index is 1010. The van der Waals surface area contributed by atoms with E-state index in [2.05, 4.69) is 21.1 Å². The highest BCUT2D eigenvalue weighted by atomic mass is 32.1. The first-order chi connectivity index (χ1) is 16.0. The van der Waals surface area contributed by atoms with Crippen molar-refractivity contribution in [2.24, 2.45) is 10.2 Å². The molecule has 0 fully saturated rings. The van der Waals surface area contributed by atoms with Crippen LogP contribution in [0.25, 0.3) is 12.2 Å². The van der Waals surface area contributed by atoms with Gasteiger partial charge in [0, 0.05) is 12.0 Å². The van der Waals surface area contributed by atoms with Crippen LogP contribution in [-0.2, 0) is 6.61 Å². The van der Waals surface area contributed by atoms with E-state index in [0.717, 1.165) is 11.1 Å². The molecule has 0 heterocycles. The Balaban J connectivity index is 2.28. The van der Waals surface area contributed by atoms with E-state index in [1.807, 2.05) is 6.08 Å². The van der Waals surface area contributed by atoms with E-state index in [1.165, 1.54) is 24.2 Å². The predicted molar refractivity (Wildman–Crippen MR) is 140 cm³/mol. The number of aliphatic hydroxyl groups excluding tert-OH is 1. The van der Waals surface area contributed by atoms with Gasteiger partial charge in [0.05, 0.1) is 36.1 Å². The Kier molecular flexibility index (Phi) is 10.7. The van der Waals surface area contributed by atoms with Gasteiger partial charge in [0.15, 0.2) is 11.5 Å². The van der Waals surface area contributed by atoms with Crippen molar-refractivity contribution in [2.45, 2.75) is 13.0 Å². The number of ether oxygens (including phenoxy) is 1. The van der Waals surface area contributed by atoms with E-state index >= 15 is 0 Å². The first kappa shape index (κ1) is 25.7. The van der Waals surface area contributed by atoms with Crippen molar-refractivity contribution in [2.75, 3.05) is 7.11 Å². The predicted octanol–water partition coefficient (Wildman–Crippen LogP) is 3.52. The number of phenolic OH excluding ortho intramolecular Hbond substituents is 1. The Labute approximate surface area is 202 Å². The Hall–Kier alpha value is -3.60. The monoisotopic (exact) mass is 484 g/mol. The van der Waals surface area contributed by atoms with E-state index in [4.69, 9.17) is 29.2 Å². The van der Waals surface area contributed by atoms with Crippen LogP contribution in [0, 0.1) is 0 Å². The lowest BCUT2D eigenvalue weighted by Gasteiger charge is -2.06. The van der Waals surface area contributed by atoms with Gasteiger partial charge in [-0.3, -0.25) is 10.9 Å². The first-order valence-corrected chi connectivity index (χ1v) is 10.6. The summed E-state index contributed by atoms with van der Waals surface area (Å²) in [4.78, 5) is 0. The minimum absolute atomic E-state index is 0.0302. The van der Waals surface area contributed by atoms with Crippen LogP contribution in [0.1, 0.15) is 23.1 Å². The summed E-state index contributed by atoms with van der Waals surface area (Å²) < 4.78 is 5.14. The number of benzene rings is 2. The molecule has 5 N–H and O–H groups in total. The molecule has 0 amide bonds. The molecule has 0 saturated heterocycles. The molecule has 10 heteroatoms. The van der Waals surface area contributed by atoms with Crippen LogP contribution < -0.4 is 15.6 Å². The zero-order valence-electron chi connectivity index (χ0n) is 17.8. The van der Waals surface area contributed by atoms with Crippen molar-refractivity contribution < 1.29 is 20.1 Å². The third-order valence-electron chi connectivity index (χ3n) is 4.30. The highest BCUT2D eigenvalue weighted by molar-refractivity contribution is 7.79. The first-order valence-electron chi connectivity index (χ1n) is 9.68. The van der Waals surface area contributed by atoms with Gasteiger partial charge >= 0.3 is 0 Å². The second kappa shape index (κ2) is 13.7. The summed E-state index contributed by atoms with van der Waals surface area (Å²) in [7, 11) is 1.48. The van der Waals surface area contributed by atoms with Gasteiger partial charge in [0.25, 0.3) is 0 Å². The number of aliphatic hydroxyl groups is 1. The number of methoxy groups -OCH3 is 1. The van der Waals surface area contributed by atoms with Gasteiger partial charge in [-0.1, -0.05) is 48.7 Å². The van der Waals surface area contributed by atoms with Gasteiger partial charge in [-0.15, -0.1) is 0 Å². The van der Waals surface area contributed by atoms with Crippen molar-refractivity contribution in [1.82, 2.24) is 10.9 Å². The molecule has 0 aliphatic rings. The molecule has 0 saturated carbocycles. The van der Waals surface area contributed by atoms with E-state index in [1.54, 1.807) is 48.6 Å². The van der Waals surface area contributed by atoms with Crippen molar-refractivity contribution in [3.8, 4) is 17.2 Å². The molecule has 0 radical (unpaired) electrons. The number of hydrazone groups is 2. The van der Waals surface area contributed by atoms with Gasteiger partial charge in [-0.25, -0.2) is 0 Å². The van der Waals surface area contributed by atoms with Gasteiger partial charge in [0.2, 0.25) is 0 Å². The lowest BCUT2D eigenvalue weighted by molar-refractivity contribution is 0.275. The molecule has 0 bridgehead atoms.